The molecule has 7 nitrogen and oxygen atoms in total. The normalized spacial score (nSPS) is 26.1. The Morgan fingerprint density at radius 3 is 2.40 bits per heavy atom. The first-order valence-electron chi connectivity index (χ1n) is 6.98. The van der Waals surface area contributed by atoms with Crippen molar-refractivity contribution in [3.63, 3.8) is 0 Å². The highest BCUT2D eigenvalue weighted by atomic mass is 16.4. The van der Waals surface area contributed by atoms with Gasteiger partial charge in [0.05, 0.1) is 5.92 Å². The number of hydrogen-bond donors (Lipinski definition) is 2. The molecule has 0 spiro atoms. The van der Waals surface area contributed by atoms with Gasteiger partial charge in [-0.05, 0) is 32.6 Å². The van der Waals surface area contributed by atoms with Gasteiger partial charge in [-0.1, -0.05) is 0 Å². The monoisotopic (exact) mass is 283 g/mol. The molecule has 1 aliphatic heterocycles. The quantitative estimate of drug-likeness (QED) is 0.771. The molecule has 112 valence electrons. The Labute approximate surface area is 117 Å². The maximum Gasteiger partial charge on any atom is 0.323 e. The lowest BCUT2D eigenvalue weighted by molar-refractivity contribution is -0.138. The third kappa shape index (κ3) is 3.20. The van der Waals surface area contributed by atoms with Crippen molar-refractivity contribution in [2.24, 2.45) is 11.7 Å². The molecule has 3 N–H and O–H groups in total. The zero-order valence-electron chi connectivity index (χ0n) is 11.6. The second-order valence-corrected chi connectivity index (χ2v) is 5.71. The predicted octanol–water partition coefficient (Wildman–Crippen LogP) is 0.241. The number of likely N-dealkylation sites (tertiary alicyclic amines) is 1. The number of amides is 3. The molecular formula is C13H21N3O4. The van der Waals surface area contributed by atoms with Gasteiger partial charge < -0.3 is 20.6 Å². The standard InChI is InChI=1S/C13H21N3O4/c1-8-2-3-9(12(14)19)6-15(8)13(20)16(7-11(17)18)10-4-5-10/h8-10H,2-7H2,1H3,(H2,14,19)(H,17,18). The Morgan fingerprint density at radius 1 is 1.25 bits per heavy atom. The molecular weight excluding hydrogens is 262 g/mol. The van der Waals surface area contributed by atoms with Crippen LogP contribution in [0.5, 0.6) is 0 Å². The molecule has 2 fully saturated rings. The third-order valence-electron chi connectivity index (χ3n) is 4.07. The van der Waals surface area contributed by atoms with Crippen molar-refractivity contribution in [3.8, 4) is 0 Å². The van der Waals surface area contributed by atoms with E-state index >= 15 is 0 Å². The molecule has 0 radical (unpaired) electrons. The van der Waals surface area contributed by atoms with Crippen molar-refractivity contribution in [1.29, 1.82) is 0 Å². The van der Waals surface area contributed by atoms with Crippen LogP contribution in [0.25, 0.3) is 0 Å². The smallest absolute Gasteiger partial charge is 0.323 e. The van der Waals surface area contributed by atoms with Crippen LogP contribution in [-0.2, 0) is 9.59 Å². The average molecular weight is 283 g/mol. The molecule has 3 amide bonds. The van der Waals surface area contributed by atoms with Crippen molar-refractivity contribution >= 4 is 17.9 Å². The first kappa shape index (κ1) is 14.6. The molecule has 1 saturated carbocycles. The summed E-state index contributed by atoms with van der Waals surface area (Å²) in [6.07, 6.45) is 3.09. The lowest BCUT2D eigenvalue weighted by Gasteiger charge is -2.39. The van der Waals surface area contributed by atoms with Gasteiger partial charge in [0, 0.05) is 18.6 Å². The summed E-state index contributed by atoms with van der Waals surface area (Å²) >= 11 is 0. The Balaban J connectivity index is 2.07. The Morgan fingerprint density at radius 2 is 1.90 bits per heavy atom. The molecule has 0 bridgehead atoms. The SMILES string of the molecule is CC1CCC(C(N)=O)CN1C(=O)N(CC(=O)O)C1CC1. The highest BCUT2D eigenvalue weighted by molar-refractivity contribution is 5.82. The van der Waals surface area contributed by atoms with Gasteiger partial charge in [0.1, 0.15) is 6.54 Å². The van der Waals surface area contributed by atoms with Crippen LogP contribution in [0.4, 0.5) is 4.79 Å². The largest absolute Gasteiger partial charge is 0.480 e. The molecule has 1 heterocycles. The number of primary amides is 1. The molecule has 1 aliphatic carbocycles. The van der Waals surface area contributed by atoms with E-state index in [1.54, 1.807) is 4.90 Å². The zero-order valence-corrected chi connectivity index (χ0v) is 11.6. The number of nitrogens with zero attached hydrogens (tertiary/aromatic N) is 2. The molecule has 2 atom stereocenters. The summed E-state index contributed by atoms with van der Waals surface area (Å²) in [5.41, 5.74) is 5.32. The number of hydrogen-bond acceptors (Lipinski definition) is 3. The summed E-state index contributed by atoms with van der Waals surface area (Å²) in [5, 5.41) is 8.93. The fourth-order valence-corrected chi connectivity index (χ4v) is 2.66. The van der Waals surface area contributed by atoms with Crippen LogP contribution >= 0.6 is 0 Å². The van der Waals surface area contributed by atoms with E-state index in [1.165, 1.54) is 4.90 Å². The topological polar surface area (TPSA) is 104 Å². The van der Waals surface area contributed by atoms with Gasteiger partial charge in [-0.25, -0.2) is 4.79 Å². The van der Waals surface area contributed by atoms with Gasteiger partial charge in [-0.15, -0.1) is 0 Å². The van der Waals surface area contributed by atoms with Crippen LogP contribution in [-0.4, -0.2) is 58.0 Å². The van der Waals surface area contributed by atoms with E-state index in [0.717, 1.165) is 12.8 Å². The minimum absolute atomic E-state index is 0.00754. The van der Waals surface area contributed by atoms with E-state index < -0.39 is 11.9 Å². The predicted molar refractivity (Wildman–Crippen MR) is 70.8 cm³/mol. The van der Waals surface area contributed by atoms with Gasteiger partial charge in [-0.2, -0.15) is 0 Å². The maximum absolute atomic E-state index is 12.5. The number of carbonyl (C=O) groups is 3. The van der Waals surface area contributed by atoms with E-state index in [-0.39, 0.29) is 37.1 Å². The third-order valence-corrected chi connectivity index (χ3v) is 4.07. The number of carboxylic acids is 1. The molecule has 0 aromatic rings. The average Bonchev–Trinajstić information content (AvgIpc) is 3.19. The highest BCUT2D eigenvalue weighted by Crippen LogP contribution is 2.30. The van der Waals surface area contributed by atoms with Crippen molar-refractivity contribution in [1.82, 2.24) is 9.80 Å². The summed E-state index contributed by atoms with van der Waals surface area (Å²) in [4.78, 5) is 37.7. The van der Waals surface area contributed by atoms with Crippen molar-refractivity contribution in [2.45, 2.75) is 44.7 Å². The number of rotatable bonds is 4. The Hall–Kier alpha value is -1.79. The zero-order chi connectivity index (χ0) is 14.9. The van der Waals surface area contributed by atoms with E-state index in [1.807, 2.05) is 6.92 Å². The molecule has 0 aromatic carbocycles. The molecule has 20 heavy (non-hydrogen) atoms. The summed E-state index contributed by atoms with van der Waals surface area (Å²) in [5.74, 6) is -1.74. The van der Waals surface area contributed by atoms with E-state index in [2.05, 4.69) is 0 Å². The van der Waals surface area contributed by atoms with E-state index in [0.29, 0.717) is 12.8 Å². The number of nitrogens with two attached hydrogens (primary N) is 1. The van der Waals surface area contributed by atoms with Crippen LogP contribution in [0.3, 0.4) is 0 Å². The van der Waals surface area contributed by atoms with Gasteiger partial charge >= 0.3 is 12.0 Å². The molecule has 7 heteroatoms. The van der Waals surface area contributed by atoms with Crippen molar-refractivity contribution in [3.05, 3.63) is 0 Å². The van der Waals surface area contributed by atoms with Crippen LogP contribution in [0.2, 0.25) is 0 Å². The maximum atomic E-state index is 12.5. The lowest BCUT2D eigenvalue weighted by atomic mass is 9.93. The molecule has 1 saturated heterocycles. The number of urea groups is 1. The summed E-state index contributed by atoms with van der Waals surface area (Å²) in [7, 11) is 0. The van der Waals surface area contributed by atoms with Gasteiger partial charge in [0.25, 0.3) is 0 Å². The van der Waals surface area contributed by atoms with E-state index in [4.69, 9.17) is 10.8 Å². The number of carboxylic acid groups (broad SMARTS) is 1. The van der Waals surface area contributed by atoms with Crippen LogP contribution in [0, 0.1) is 5.92 Å². The second-order valence-electron chi connectivity index (χ2n) is 5.71. The first-order valence-corrected chi connectivity index (χ1v) is 6.98. The minimum Gasteiger partial charge on any atom is -0.480 e. The molecule has 2 rings (SSSR count). The Kier molecular flexibility index (Phi) is 4.15. The molecule has 2 unspecified atom stereocenters. The molecule has 2 aliphatic rings. The highest BCUT2D eigenvalue weighted by Gasteiger charge is 2.39. The van der Waals surface area contributed by atoms with Crippen LogP contribution < -0.4 is 5.73 Å². The van der Waals surface area contributed by atoms with Gasteiger partial charge in [-0.3, -0.25) is 9.59 Å². The van der Waals surface area contributed by atoms with Crippen molar-refractivity contribution in [2.75, 3.05) is 13.1 Å². The second kappa shape index (κ2) is 5.68. The summed E-state index contributed by atoms with van der Waals surface area (Å²) in [6, 6.07) is -0.249. The van der Waals surface area contributed by atoms with Gasteiger partial charge in [0.2, 0.25) is 5.91 Å². The number of carbonyl (C=O) groups excluding carboxylic acids is 2. The lowest BCUT2D eigenvalue weighted by Crippen LogP contribution is -2.54. The fraction of sp³-hybridized carbons (Fsp3) is 0.769. The van der Waals surface area contributed by atoms with E-state index in [9.17, 15) is 14.4 Å². The van der Waals surface area contributed by atoms with Crippen molar-refractivity contribution < 1.29 is 19.5 Å². The number of aliphatic carboxylic acids is 1. The molecule has 0 aromatic heterocycles. The summed E-state index contributed by atoms with van der Waals surface area (Å²) in [6.45, 7) is 1.92. The van der Waals surface area contributed by atoms with Gasteiger partial charge in [0.15, 0.2) is 0 Å². The fourth-order valence-electron chi connectivity index (χ4n) is 2.66. The first-order chi connectivity index (χ1) is 9.40. The Bertz CT molecular complexity index is 422. The van der Waals surface area contributed by atoms with Crippen LogP contribution in [0.15, 0.2) is 0 Å². The minimum atomic E-state index is -1.01. The summed E-state index contributed by atoms with van der Waals surface area (Å²) < 4.78 is 0. The van der Waals surface area contributed by atoms with Crippen LogP contribution in [0.1, 0.15) is 32.6 Å². The number of piperidine rings is 1.